The van der Waals surface area contributed by atoms with Crippen LogP contribution in [0.2, 0.25) is 0 Å². The molecule has 2 rings (SSSR count). The SMILES string of the molecule is CN=C(NC)NC1CC1(C)c1ccccc1OC. The maximum Gasteiger partial charge on any atom is 0.190 e. The Balaban J connectivity index is 2.15. The van der Waals surface area contributed by atoms with Crippen LogP contribution in [-0.2, 0) is 5.41 Å². The zero-order chi connectivity index (χ0) is 13.2. The summed E-state index contributed by atoms with van der Waals surface area (Å²) in [5.41, 5.74) is 1.39. The normalized spacial score (nSPS) is 26.7. The third-order valence-corrected chi connectivity index (χ3v) is 3.73. The number of hydrogen-bond acceptors (Lipinski definition) is 2. The van der Waals surface area contributed by atoms with Gasteiger partial charge in [-0.1, -0.05) is 25.1 Å². The summed E-state index contributed by atoms with van der Waals surface area (Å²) in [7, 11) is 5.37. The van der Waals surface area contributed by atoms with Crippen LogP contribution in [-0.4, -0.2) is 33.2 Å². The lowest BCUT2D eigenvalue weighted by molar-refractivity contribution is 0.404. The Morgan fingerprint density at radius 3 is 2.78 bits per heavy atom. The summed E-state index contributed by atoms with van der Waals surface area (Å²) < 4.78 is 5.44. The van der Waals surface area contributed by atoms with Crippen molar-refractivity contribution in [3.05, 3.63) is 29.8 Å². The highest BCUT2D eigenvalue weighted by Crippen LogP contribution is 2.50. The molecule has 1 saturated carbocycles. The lowest BCUT2D eigenvalue weighted by Gasteiger charge is -2.17. The third kappa shape index (κ3) is 2.15. The molecule has 0 aliphatic heterocycles. The van der Waals surface area contributed by atoms with Crippen molar-refractivity contribution in [1.82, 2.24) is 10.6 Å². The fourth-order valence-electron chi connectivity index (χ4n) is 2.40. The first-order valence-corrected chi connectivity index (χ1v) is 6.20. The summed E-state index contributed by atoms with van der Waals surface area (Å²) in [6.07, 6.45) is 1.09. The number of rotatable bonds is 3. The predicted octanol–water partition coefficient (Wildman–Crippen LogP) is 1.52. The van der Waals surface area contributed by atoms with E-state index in [9.17, 15) is 0 Å². The van der Waals surface area contributed by atoms with Crippen LogP contribution in [0, 0.1) is 0 Å². The molecule has 4 heteroatoms. The number of ether oxygens (including phenoxy) is 1. The maximum absolute atomic E-state index is 5.44. The number of benzene rings is 1. The van der Waals surface area contributed by atoms with Gasteiger partial charge in [0.25, 0.3) is 0 Å². The molecule has 0 bridgehead atoms. The molecule has 0 heterocycles. The molecule has 1 aliphatic carbocycles. The fraction of sp³-hybridized carbons (Fsp3) is 0.500. The average Bonchev–Trinajstić information content (AvgIpc) is 3.07. The van der Waals surface area contributed by atoms with Crippen molar-refractivity contribution in [1.29, 1.82) is 0 Å². The number of nitrogens with one attached hydrogen (secondary N) is 2. The molecular formula is C14H21N3O. The summed E-state index contributed by atoms with van der Waals surface area (Å²) in [6.45, 7) is 2.26. The maximum atomic E-state index is 5.44. The Kier molecular flexibility index (Phi) is 3.45. The smallest absolute Gasteiger partial charge is 0.190 e. The molecule has 98 valence electrons. The van der Waals surface area contributed by atoms with Crippen LogP contribution in [0.5, 0.6) is 5.75 Å². The number of nitrogens with zero attached hydrogens (tertiary/aromatic N) is 1. The highest BCUT2D eigenvalue weighted by molar-refractivity contribution is 5.80. The summed E-state index contributed by atoms with van der Waals surface area (Å²) in [5.74, 6) is 1.79. The number of aliphatic imine (C=N–C) groups is 1. The number of para-hydroxylation sites is 1. The second-order valence-corrected chi connectivity index (χ2v) is 4.84. The molecule has 2 unspecified atom stereocenters. The summed E-state index contributed by atoms with van der Waals surface area (Å²) >= 11 is 0. The first-order valence-electron chi connectivity index (χ1n) is 6.20. The monoisotopic (exact) mass is 247 g/mol. The van der Waals surface area contributed by atoms with Crippen molar-refractivity contribution in [3.63, 3.8) is 0 Å². The van der Waals surface area contributed by atoms with Gasteiger partial charge in [0, 0.05) is 31.1 Å². The minimum atomic E-state index is 0.124. The van der Waals surface area contributed by atoms with Gasteiger partial charge < -0.3 is 15.4 Å². The summed E-state index contributed by atoms with van der Waals surface area (Å²) in [4.78, 5) is 4.15. The molecule has 1 aromatic rings. The predicted molar refractivity (Wildman–Crippen MR) is 74.3 cm³/mol. The van der Waals surface area contributed by atoms with E-state index in [1.54, 1.807) is 14.2 Å². The van der Waals surface area contributed by atoms with Crippen molar-refractivity contribution in [2.45, 2.75) is 24.8 Å². The molecule has 0 amide bonds. The molecule has 18 heavy (non-hydrogen) atoms. The average molecular weight is 247 g/mol. The fourth-order valence-corrected chi connectivity index (χ4v) is 2.40. The second-order valence-electron chi connectivity index (χ2n) is 4.84. The Morgan fingerprint density at radius 2 is 2.17 bits per heavy atom. The Labute approximate surface area is 108 Å². The van der Waals surface area contributed by atoms with E-state index in [2.05, 4.69) is 34.7 Å². The van der Waals surface area contributed by atoms with Crippen LogP contribution in [0.3, 0.4) is 0 Å². The number of methoxy groups -OCH3 is 1. The van der Waals surface area contributed by atoms with Crippen LogP contribution < -0.4 is 15.4 Å². The van der Waals surface area contributed by atoms with Gasteiger partial charge in [0.15, 0.2) is 5.96 Å². The van der Waals surface area contributed by atoms with Gasteiger partial charge in [0.1, 0.15) is 5.75 Å². The molecule has 0 aromatic heterocycles. The lowest BCUT2D eigenvalue weighted by atomic mass is 9.96. The highest BCUT2D eigenvalue weighted by atomic mass is 16.5. The highest BCUT2D eigenvalue weighted by Gasteiger charge is 2.53. The molecule has 1 fully saturated rings. The van der Waals surface area contributed by atoms with Crippen LogP contribution in [0.15, 0.2) is 29.3 Å². The minimum absolute atomic E-state index is 0.124. The van der Waals surface area contributed by atoms with Gasteiger partial charge in [-0.15, -0.1) is 0 Å². The zero-order valence-corrected chi connectivity index (χ0v) is 11.4. The molecule has 0 radical (unpaired) electrons. The van der Waals surface area contributed by atoms with Crippen molar-refractivity contribution in [2.24, 2.45) is 4.99 Å². The van der Waals surface area contributed by atoms with Gasteiger partial charge >= 0.3 is 0 Å². The first-order chi connectivity index (χ1) is 8.65. The minimum Gasteiger partial charge on any atom is -0.496 e. The van der Waals surface area contributed by atoms with E-state index in [1.807, 2.05) is 19.2 Å². The van der Waals surface area contributed by atoms with Crippen LogP contribution in [0.25, 0.3) is 0 Å². The second kappa shape index (κ2) is 4.88. The standard InChI is InChI=1S/C14H21N3O/c1-14(9-12(14)17-13(15-2)16-3)10-7-5-6-8-11(10)18-4/h5-8,12H,9H2,1-4H3,(H2,15,16,17). The lowest BCUT2D eigenvalue weighted by Crippen LogP contribution is -2.38. The van der Waals surface area contributed by atoms with Gasteiger partial charge in [-0.2, -0.15) is 0 Å². The van der Waals surface area contributed by atoms with E-state index in [0.29, 0.717) is 6.04 Å². The van der Waals surface area contributed by atoms with Crippen LogP contribution >= 0.6 is 0 Å². The molecule has 0 saturated heterocycles. The summed E-state index contributed by atoms with van der Waals surface area (Å²) in [5, 5.41) is 6.46. The Hall–Kier alpha value is -1.71. The molecule has 1 aliphatic rings. The van der Waals surface area contributed by atoms with E-state index in [4.69, 9.17) is 4.74 Å². The topological polar surface area (TPSA) is 45.7 Å². The summed E-state index contributed by atoms with van der Waals surface area (Å²) in [6, 6.07) is 8.62. The molecule has 1 aromatic carbocycles. The van der Waals surface area contributed by atoms with E-state index in [0.717, 1.165) is 18.1 Å². The van der Waals surface area contributed by atoms with Crippen molar-refractivity contribution < 1.29 is 4.74 Å². The van der Waals surface area contributed by atoms with E-state index in [1.165, 1.54) is 5.56 Å². The molecule has 2 N–H and O–H groups in total. The molecule has 0 spiro atoms. The quantitative estimate of drug-likeness (QED) is 0.629. The van der Waals surface area contributed by atoms with E-state index >= 15 is 0 Å². The van der Waals surface area contributed by atoms with Crippen molar-refractivity contribution >= 4 is 5.96 Å². The van der Waals surface area contributed by atoms with E-state index < -0.39 is 0 Å². The van der Waals surface area contributed by atoms with E-state index in [-0.39, 0.29) is 5.41 Å². The van der Waals surface area contributed by atoms with Crippen LogP contribution in [0.1, 0.15) is 18.9 Å². The van der Waals surface area contributed by atoms with Gasteiger partial charge in [-0.3, -0.25) is 4.99 Å². The van der Waals surface area contributed by atoms with Gasteiger partial charge in [0.2, 0.25) is 0 Å². The van der Waals surface area contributed by atoms with Gasteiger partial charge in [0.05, 0.1) is 7.11 Å². The number of guanidine groups is 1. The largest absolute Gasteiger partial charge is 0.496 e. The van der Waals surface area contributed by atoms with Gasteiger partial charge in [-0.05, 0) is 12.5 Å². The number of hydrogen-bond donors (Lipinski definition) is 2. The third-order valence-electron chi connectivity index (χ3n) is 3.73. The van der Waals surface area contributed by atoms with Gasteiger partial charge in [-0.25, -0.2) is 0 Å². The Morgan fingerprint density at radius 1 is 1.44 bits per heavy atom. The first kappa shape index (κ1) is 12.7. The Bertz CT molecular complexity index is 458. The molecular weight excluding hydrogens is 226 g/mol. The van der Waals surface area contributed by atoms with Crippen molar-refractivity contribution in [3.8, 4) is 5.75 Å². The van der Waals surface area contributed by atoms with Crippen molar-refractivity contribution in [2.75, 3.05) is 21.2 Å². The molecule has 2 atom stereocenters. The molecule has 4 nitrogen and oxygen atoms in total. The zero-order valence-electron chi connectivity index (χ0n) is 11.4. The van der Waals surface area contributed by atoms with Crippen LogP contribution in [0.4, 0.5) is 0 Å².